The molecule has 2 aromatic rings. The Morgan fingerprint density at radius 2 is 1.67 bits per heavy atom. The van der Waals surface area contributed by atoms with Crippen molar-refractivity contribution in [3.63, 3.8) is 0 Å². The number of fused-ring (bicyclic) bond motifs is 1. The minimum atomic E-state index is -1.57. The highest BCUT2D eigenvalue weighted by atomic mass is 19.2. The molecule has 21 heavy (non-hydrogen) atoms. The smallest absolute Gasteiger partial charge is 0.194 e. The second kappa shape index (κ2) is 5.04. The van der Waals surface area contributed by atoms with Crippen molar-refractivity contribution in [2.75, 3.05) is 0 Å². The molecule has 0 aromatic heterocycles. The zero-order valence-electron chi connectivity index (χ0n) is 10.6. The van der Waals surface area contributed by atoms with Gasteiger partial charge in [0.1, 0.15) is 17.7 Å². The van der Waals surface area contributed by atoms with Crippen LogP contribution in [0, 0.1) is 23.3 Å². The summed E-state index contributed by atoms with van der Waals surface area (Å²) in [7, 11) is 0. The van der Waals surface area contributed by atoms with Gasteiger partial charge in [0, 0.05) is 18.1 Å². The molecule has 0 saturated heterocycles. The number of rotatable bonds is 1. The van der Waals surface area contributed by atoms with Crippen LogP contribution in [-0.4, -0.2) is 5.11 Å². The van der Waals surface area contributed by atoms with Gasteiger partial charge < -0.3 is 9.84 Å². The van der Waals surface area contributed by atoms with Crippen LogP contribution in [0.1, 0.15) is 29.8 Å². The molecule has 1 heterocycles. The van der Waals surface area contributed by atoms with Crippen molar-refractivity contribution in [3.05, 3.63) is 64.7 Å². The van der Waals surface area contributed by atoms with E-state index in [9.17, 15) is 22.7 Å². The Morgan fingerprint density at radius 1 is 1.00 bits per heavy atom. The molecule has 0 fully saturated rings. The van der Waals surface area contributed by atoms with Gasteiger partial charge in [-0.3, -0.25) is 0 Å². The van der Waals surface area contributed by atoms with Crippen LogP contribution in [0.15, 0.2) is 30.3 Å². The summed E-state index contributed by atoms with van der Waals surface area (Å²) in [6.07, 6.45) is -1.82. The topological polar surface area (TPSA) is 29.5 Å². The fraction of sp³-hybridized carbons (Fsp3) is 0.200. The van der Waals surface area contributed by atoms with E-state index >= 15 is 0 Å². The quantitative estimate of drug-likeness (QED) is 0.641. The van der Waals surface area contributed by atoms with Gasteiger partial charge in [-0.15, -0.1) is 0 Å². The standard InChI is InChI=1S/C15H10F4O2/c16-8-1-2-9-12(20)6-13(21-14(9)5-8)7-3-10(17)15(19)11(18)4-7/h1-5,12-13,20H,6H2. The third-order valence-electron chi connectivity index (χ3n) is 3.42. The van der Waals surface area contributed by atoms with Crippen LogP contribution in [0.25, 0.3) is 0 Å². The van der Waals surface area contributed by atoms with E-state index in [0.29, 0.717) is 5.56 Å². The molecule has 2 atom stereocenters. The molecule has 1 aliphatic rings. The van der Waals surface area contributed by atoms with Gasteiger partial charge >= 0.3 is 0 Å². The monoisotopic (exact) mass is 298 g/mol. The predicted molar refractivity (Wildman–Crippen MR) is 65.7 cm³/mol. The van der Waals surface area contributed by atoms with Gasteiger partial charge in [-0.1, -0.05) is 0 Å². The molecule has 3 rings (SSSR count). The van der Waals surface area contributed by atoms with Crippen LogP contribution in [-0.2, 0) is 0 Å². The second-order valence-electron chi connectivity index (χ2n) is 4.84. The van der Waals surface area contributed by atoms with Crippen molar-refractivity contribution in [1.82, 2.24) is 0 Å². The van der Waals surface area contributed by atoms with E-state index in [1.165, 1.54) is 12.1 Å². The SMILES string of the molecule is OC1CC(c2cc(F)c(F)c(F)c2)Oc2cc(F)ccc21. The molecule has 0 saturated carbocycles. The summed E-state index contributed by atoms with van der Waals surface area (Å²) in [6, 6.07) is 5.27. The highest BCUT2D eigenvalue weighted by molar-refractivity contribution is 5.39. The van der Waals surface area contributed by atoms with Crippen LogP contribution in [0.4, 0.5) is 17.6 Å². The highest BCUT2D eigenvalue weighted by Crippen LogP contribution is 2.41. The fourth-order valence-electron chi connectivity index (χ4n) is 2.38. The predicted octanol–water partition coefficient (Wildman–Crippen LogP) is 3.80. The normalized spacial score (nSPS) is 20.8. The molecule has 2 unspecified atom stereocenters. The number of hydrogen-bond donors (Lipinski definition) is 1. The van der Waals surface area contributed by atoms with Gasteiger partial charge in [0.2, 0.25) is 0 Å². The molecule has 0 spiro atoms. The van der Waals surface area contributed by atoms with Crippen LogP contribution in [0.3, 0.4) is 0 Å². The summed E-state index contributed by atoms with van der Waals surface area (Å²) in [5.74, 6) is -4.70. The minimum absolute atomic E-state index is 0.0309. The number of halogens is 4. The van der Waals surface area contributed by atoms with Gasteiger partial charge in [-0.2, -0.15) is 0 Å². The van der Waals surface area contributed by atoms with Crippen molar-refractivity contribution in [2.45, 2.75) is 18.6 Å². The van der Waals surface area contributed by atoms with Gasteiger partial charge in [0.15, 0.2) is 17.5 Å². The summed E-state index contributed by atoms with van der Waals surface area (Å²) in [5, 5.41) is 10.0. The molecule has 0 radical (unpaired) electrons. The maximum atomic E-state index is 13.3. The molecule has 2 nitrogen and oxygen atoms in total. The van der Waals surface area contributed by atoms with E-state index < -0.39 is 35.5 Å². The average Bonchev–Trinajstić information content (AvgIpc) is 2.43. The molecule has 1 N–H and O–H groups in total. The molecular formula is C15H10F4O2. The maximum Gasteiger partial charge on any atom is 0.194 e. The summed E-state index contributed by atoms with van der Waals surface area (Å²) in [5.41, 5.74) is 0.441. The molecule has 2 aromatic carbocycles. The number of ether oxygens (including phenoxy) is 1. The first-order valence-corrected chi connectivity index (χ1v) is 6.24. The lowest BCUT2D eigenvalue weighted by Crippen LogP contribution is -2.19. The number of hydrogen-bond acceptors (Lipinski definition) is 2. The zero-order valence-corrected chi connectivity index (χ0v) is 10.6. The molecule has 6 heteroatoms. The fourth-order valence-corrected chi connectivity index (χ4v) is 2.38. The Balaban J connectivity index is 1.99. The average molecular weight is 298 g/mol. The Kier molecular flexibility index (Phi) is 3.33. The number of benzene rings is 2. The third-order valence-corrected chi connectivity index (χ3v) is 3.42. The summed E-state index contributed by atoms with van der Waals surface area (Å²) in [4.78, 5) is 0. The molecule has 110 valence electrons. The van der Waals surface area contributed by atoms with Gasteiger partial charge in [-0.25, -0.2) is 17.6 Å². The first-order chi connectivity index (χ1) is 9.95. The Morgan fingerprint density at radius 3 is 2.33 bits per heavy atom. The van der Waals surface area contributed by atoms with E-state index in [0.717, 1.165) is 18.2 Å². The second-order valence-corrected chi connectivity index (χ2v) is 4.84. The van der Waals surface area contributed by atoms with E-state index in [2.05, 4.69) is 0 Å². The van der Waals surface area contributed by atoms with Crippen molar-refractivity contribution < 1.29 is 27.4 Å². The number of aliphatic hydroxyl groups is 1. The largest absolute Gasteiger partial charge is 0.485 e. The summed E-state index contributed by atoms with van der Waals surface area (Å²) in [6.45, 7) is 0. The number of aliphatic hydroxyl groups excluding tert-OH is 1. The Bertz CT molecular complexity index is 679. The van der Waals surface area contributed by atoms with Crippen molar-refractivity contribution in [2.24, 2.45) is 0 Å². The van der Waals surface area contributed by atoms with E-state index in [1.54, 1.807) is 0 Å². The lowest BCUT2D eigenvalue weighted by molar-refractivity contribution is 0.0649. The van der Waals surface area contributed by atoms with Crippen LogP contribution in [0.2, 0.25) is 0 Å². The molecule has 1 aliphatic heterocycles. The van der Waals surface area contributed by atoms with Crippen molar-refractivity contribution >= 4 is 0 Å². The third kappa shape index (κ3) is 2.47. The van der Waals surface area contributed by atoms with Crippen LogP contribution >= 0.6 is 0 Å². The van der Waals surface area contributed by atoms with Crippen LogP contribution < -0.4 is 4.74 Å². The molecular weight excluding hydrogens is 288 g/mol. The highest BCUT2D eigenvalue weighted by Gasteiger charge is 2.29. The van der Waals surface area contributed by atoms with Gasteiger partial charge in [0.25, 0.3) is 0 Å². The summed E-state index contributed by atoms with van der Waals surface area (Å²) < 4.78 is 58.1. The van der Waals surface area contributed by atoms with Gasteiger partial charge in [0.05, 0.1) is 6.10 Å². The molecule has 0 aliphatic carbocycles. The Labute approximate surface area is 117 Å². The lowest BCUT2D eigenvalue weighted by atomic mass is 9.95. The molecule has 0 bridgehead atoms. The van der Waals surface area contributed by atoms with Crippen molar-refractivity contribution in [1.29, 1.82) is 0 Å². The van der Waals surface area contributed by atoms with E-state index in [-0.39, 0.29) is 17.7 Å². The van der Waals surface area contributed by atoms with Crippen molar-refractivity contribution in [3.8, 4) is 5.75 Å². The zero-order chi connectivity index (χ0) is 15.1. The van der Waals surface area contributed by atoms with Gasteiger partial charge in [-0.05, 0) is 29.8 Å². The Hall–Kier alpha value is -2.08. The van der Waals surface area contributed by atoms with Crippen LogP contribution in [0.5, 0.6) is 5.75 Å². The maximum absolute atomic E-state index is 13.3. The van der Waals surface area contributed by atoms with E-state index in [4.69, 9.17) is 4.74 Å². The first kappa shape index (κ1) is 13.9. The van der Waals surface area contributed by atoms with E-state index in [1.807, 2.05) is 0 Å². The summed E-state index contributed by atoms with van der Waals surface area (Å²) >= 11 is 0. The molecule has 0 amide bonds. The first-order valence-electron chi connectivity index (χ1n) is 6.24. The minimum Gasteiger partial charge on any atom is -0.485 e. The lowest BCUT2D eigenvalue weighted by Gasteiger charge is -2.30.